The molecular weight excluding hydrogens is 316 g/mol. The highest BCUT2D eigenvalue weighted by Crippen LogP contribution is 2.28. The highest BCUT2D eigenvalue weighted by Gasteiger charge is 2.12. The maximum atomic E-state index is 11.9. The predicted molar refractivity (Wildman–Crippen MR) is 95.8 cm³/mol. The van der Waals surface area contributed by atoms with Gasteiger partial charge in [-0.1, -0.05) is 19.1 Å². The van der Waals surface area contributed by atoms with E-state index in [-0.39, 0.29) is 5.78 Å². The number of nitrogens with zero attached hydrogens (tertiary/aromatic N) is 1. The summed E-state index contributed by atoms with van der Waals surface area (Å²) in [5.41, 5.74) is 7.12. The molecule has 2 N–H and O–H groups in total. The van der Waals surface area contributed by atoms with E-state index in [1.165, 1.54) is 0 Å². The molecule has 0 radical (unpaired) electrons. The number of hydrogen-bond acceptors (Lipinski definition) is 5. The molecule has 0 bridgehead atoms. The molecule has 130 valence electrons. The fourth-order valence-electron chi connectivity index (χ4n) is 2.30. The average molecular weight is 338 g/mol. The number of benzene rings is 2. The quantitative estimate of drug-likeness (QED) is 0.795. The van der Waals surface area contributed by atoms with E-state index in [1.807, 2.05) is 26.0 Å². The van der Waals surface area contributed by atoms with Crippen LogP contribution in [-0.2, 0) is 11.2 Å². The van der Waals surface area contributed by atoms with Gasteiger partial charge in [0, 0.05) is 12.5 Å². The number of rotatable bonds is 8. The van der Waals surface area contributed by atoms with Crippen molar-refractivity contribution in [3.63, 3.8) is 0 Å². The van der Waals surface area contributed by atoms with E-state index in [4.69, 9.17) is 20.5 Å². The van der Waals surface area contributed by atoms with Crippen LogP contribution in [0.2, 0.25) is 0 Å². The van der Waals surface area contributed by atoms with Gasteiger partial charge in [0.15, 0.2) is 5.78 Å². The number of nitrogens with two attached hydrogens (primary N) is 1. The first-order valence-electron chi connectivity index (χ1n) is 8.29. The molecule has 0 unspecified atom stereocenters. The monoisotopic (exact) mass is 338 g/mol. The Morgan fingerprint density at radius 1 is 1.16 bits per heavy atom. The number of ketones is 1. The van der Waals surface area contributed by atoms with Gasteiger partial charge in [-0.05, 0) is 43.2 Å². The Bertz CT molecular complexity index is 764. The lowest BCUT2D eigenvalue weighted by molar-refractivity contribution is -0.119. The van der Waals surface area contributed by atoms with Crippen molar-refractivity contribution in [3.05, 3.63) is 53.6 Å². The van der Waals surface area contributed by atoms with E-state index in [1.54, 1.807) is 30.3 Å². The first-order chi connectivity index (χ1) is 12.1. The topological polar surface area (TPSA) is 85.3 Å². The van der Waals surface area contributed by atoms with Crippen molar-refractivity contribution in [1.29, 1.82) is 5.26 Å². The standard InChI is InChI=1S/C20H22N2O3/c1-3-18(22)19(23)11-14-5-8-16(9-6-14)25-17-10-7-15(13-21)20(12-17)24-4-2/h5-10,12,18H,3-4,11,22H2,1-2H3/t18-/m1/s1. The molecule has 5 heteroatoms. The van der Waals surface area contributed by atoms with Crippen molar-refractivity contribution >= 4 is 5.78 Å². The van der Waals surface area contributed by atoms with Crippen molar-refractivity contribution < 1.29 is 14.3 Å². The molecule has 2 aromatic carbocycles. The zero-order valence-corrected chi connectivity index (χ0v) is 14.5. The molecule has 5 nitrogen and oxygen atoms in total. The van der Waals surface area contributed by atoms with E-state index in [0.29, 0.717) is 42.3 Å². The SMILES string of the molecule is CCOc1cc(Oc2ccc(CC(=O)[C@H](N)CC)cc2)ccc1C#N. The fourth-order valence-corrected chi connectivity index (χ4v) is 2.30. The Balaban J connectivity index is 2.07. The third kappa shape index (κ3) is 5.07. The van der Waals surface area contributed by atoms with Crippen molar-refractivity contribution in [1.82, 2.24) is 0 Å². The number of Topliss-reactive ketones (excluding diaryl/α,β-unsaturated/α-hetero) is 1. The molecular formula is C20H22N2O3. The van der Waals surface area contributed by atoms with Crippen LogP contribution in [0.4, 0.5) is 0 Å². The third-order valence-electron chi connectivity index (χ3n) is 3.76. The molecule has 1 atom stereocenters. The summed E-state index contributed by atoms with van der Waals surface area (Å²) >= 11 is 0. The molecule has 0 aromatic heterocycles. The van der Waals surface area contributed by atoms with Gasteiger partial charge in [-0.25, -0.2) is 0 Å². The second kappa shape index (κ2) is 8.86. The van der Waals surface area contributed by atoms with Gasteiger partial charge in [-0.3, -0.25) is 4.79 Å². The number of carbonyl (C=O) groups is 1. The third-order valence-corrected chi connectivity index (χ3v) is 3.76. The van der Waals surface area contributed by atoms with Crippen LogP contribution in [0.1, 0.15) is 31.4 Å². The molecule has 0 aliphatic rings. The average Bonchev–Trinajstić information content (AvgIpc) is 2.63. The summed E-state index contributed by atoms with van der Waals surface area (Å²) in [6, 6.07) is 14.1. The number of ether oxygens (including phenoxy) is 2. The van der Waals surface area contributed by atoms with Crippen molar-refractivity contribution in [2.24, 2.45) is 5.73 Å². The minimum Gasteiger partial charge on any atom is -0.492 e. The molecule has 2 rings (SSSR count). The first-order valence-corrected chi connectivity index (χ1v) is 8.29. The second-order valence-electron chi connectivity index (χ2n) is 5.61. The lowest BCUT2D eigenvalue weighted by atomic mass is 10.0. The lowest BCUT2D eigenvalue weighted by Gasteiger charge is -2.11. The van der Waals surface area contributed by atoms with E-state index in [2.05, 4.69) is 6.07 Å². The highest BCUT2D eigenvalue weighted by atomic mass is 16.5. The summed E-state index contributed by atoms with van der Waals surface area (Å²) in [4.78, 5) is 11.9. The number of hydrogen-bond donors (Lipinski definition) is 1. The van der Waals surface area contributed by atoms with E-state index in [0.717, 1.165) is 5.56 Å². The Morgan fingerprint density at radius 3 is 2.44 bits per heavy atom. The van der Waals surface area contributed by atoms with Gasteiger partial charge < -0.3 is 15.2 Å². The highest BCUT2D eigenvalue weighted by molar-refractivity contribution is 5.85. The number of nitriles is 1. The summed E-state index contributed by atoms with van der Waals surface area (Å²) in [6.07, 6.45) is 0.960. The Labute approximate surface area is 148 Å². The van der Waals surface area contributed by atoms with Gasteiger partial charge in [0.05, 0.1) is 18.2 Å². The van der Waals surface area contributed by atoms with Crippen molar-refractivity contribution in [3.8, 4) is 23.3 Å². The van der Waals surface area contributed by atoms with Crippen LogP contribution in [0.25, 0.3) is 0 Å². The van der Waals surface area contributed by atoms with Crippen molar-refractivity contribution in [2.75, 3.05) is 6.61 Å². The Kier molecular flexibility index (Phi) is 6.55. The maximum Gasteiger partial charge on any atom is 0.153 e. The zero-order chi connectivity index (χ0) is 18.2. The summed E-state index contributed by atoms with van der Waals surface area (Å²) < 4.78 is 11.2. The molecule has 0 heterocycles. The van der Waals surface area contributed by atoms with Crippen LogP contribution < -0.4 is 15.2 Å². The maximum absolute atomic E-state index is 11.9. The molecule has 0 fully saturated rings. The van der Waals surface area contributed by atoms with Gasteiger partial charge in [0.2, 0.25) is 0 Å². The second-order valence-corrected chi connectivity index (χ2v) is 5.61. The van der Waals surface area contributed by atoms with Crippen LogP contribution in [0.15, 0.2) is 42.5 Å². The molecule has 2 aromatic rings. The first kappa shape index (κ1) is 18.5. The minimum atomic E-state index is -0.411. The molecule has 25 heavy (non-hydrogen) atoms. The van der Waals surface area contributed by atoms with Crippen LogP contribution >= 0.6 is 0 Å². The van der Waals surface area contributed by atoms with Crippen LogP contribution in [-0.4, -0.2) is 18.4 Å². The lowest BCUT2D eigenvalue weighted by Crippen LogP contribution is -2.30. The molecule has 0 saturated heterocycles. The summed E-state index contributed by atoms with van der Waals surface area (Å²) in [7, 11) is 0. The molecule has 0 aliphatic heterocycles. The van der Waals surface area contributed by atoms with Crippen LogP contribution in [0, 0.1) is 11.3 Å². The fraction of sp³-hybridized carbons (Fsp3) is 0.300. The Morgan fingerprint density at radius 2 is 1.84 bits per heavy atom. The molecule has 0 saturated carbocycles. The van der Waals surface area contributed by atoms with Gasteiger partial charge in [0.25, 0.3) is 0 Å². The summed E-state index contributed by atoms with van der Waals surface area (Å²) in [5, 5.41) is 9.08. The largest absolute Gasteiger partial charge is 0.492 e. The van der Waals surface area contributed by atoms with Gasteiger partial charge >= 0.3 is 0 Å². The molecule has 0 amide bonds. The number of carbonyl (C=O) groups excluding carboxylic acids is 1. The van der Waals surface area contributed by atoms with E-state index >= 15 is 0 Å². The van der Waals surface area contributed by atoms with Crippen LogP contribution in [0.3, 0.4) is 0 Å². The van der Waals surface area contributed by atoms with Gasteiger partial charge in [-0.2, -0.15) is 5.26 Å². The predicted octanol–water partition coefficient (Wildman–Crippen LogP) is 3.60. The van der Waals surface area contributed by atoms with Gasteiger partial charge in [0.1, 0.15) is 23.3 Å². The van der Waals surface area contributed by atoms with E-state index < -0.39 is 6.04 Å². The summed E-state index contributed by atoms with van der Waals surface area (Å²) in [5.74, 6) is 1.75. The summed E-state index contributed by atoms with van der Waals surface area (Å²) in [6.45, 7) is 4.23. The zero-order valence-electron chi connectivity index (χ0n) is 14.5. The van der Waals surface area contributed by atoms with Crippen molar-refractivity contribution in [2.45, 2.75) is 32.7 Å². The molecule has 0 aliphatic carbocycles. The normalized spacial score (nSPS) is 11.4. The molecule has 0 spiro atoms. The smallest absolute Gasteiger partial charge is 0.153 e. The Hall–Kier alpha value is -2.84. The van der Waals surface area contributed by atoms with E-state index in [9.17, 15) is 4.79 Å². The van der Waals surface area contributed by atoms with Crippen LogP contribution in [0.5, 0.6) is 17.2 Å². The van der Waals surface area contributed by atoms with Gasteiger partial charge in [-0.15, -0.1) is 0 Å². The minimum absolute atomic E-state index is 0.0321.